The zero-order valence-electron chi connectivity index (χ0n) is 10.1. The van der Waals surface area contributed by atoms with Gasteiger partial charge < -0.3 is 10.6 Å². The molecule has 2 heterocycles. The number of pyridine rings is 1. The van der Waals surface area contributed by atoms with E-state index in [9.17, 15) is 4.79 Å². The first-order valence-electron chi connectivity index (χ1n) is 5.62. The Morgan fingerprint density at radius 1 is 1.50 bits per heavy atom. The second kappa shape index (κ2) is 5.31. The predicted molar refractivity (Wildman–Crippen MR) is 67.9 cm³/mol. The molecule has 18 heavy (non-hydrogen) atoms. The highest BCUT2D eigenvalue weighted by molar-refractivity contribution is 5.96. The van der Waals surface area contributed by atoms with E-state index in [1.54, 1.807) is 18.1 Å². The van der Waals surface area contributed by atoms with E-state index in [2.05, 4.69) is 15.2 Å². The largest absolute Gasteiger partial charge is 0.396 e. The second-order valence-electron chi connectivity index (χ2n) is 4.00. The molecule has 3 N–H and O–H groups in total. The lowest BCUT2D eigenvalue weighted by Crippen LogP contribution is -2.29. The molecule has 94 valence electrons. The Morgan fingerprint density at radius 2 is 2.33 bits per heavy atom. The fourth-order valence-electron chi connectivity index (χ4n) is 1.59. The summed E-state index contributed by atoms with van der Waals surface area (Å²) in [6.07, 6.45) is 3.88. The molecule has 1 amide bonds. The van der Waals surface area contributed by atoms with Gasteiger partial charge in [-0.15, -0.1) is 0 Å². The van der Waals surface area contributed by atoms with E-state index in [0.29, 0.717) is 24.3 Å². The predicted octanol–water partition coefficient (Wildman–Crippen LogP) is 0.702. The standard InChI is InChI=1S/C12H15N5O/c1-17(7-5-9-4-2-3-6-14-9)12(18)11-10(13)8-15-16-11/h2-4,6,8H,5,7,13H2,1H3,(H,15,16). The molecule has 0 aromatic carbocycles. The van der Waals surface area contributed by atoms with Crippen molar-refractivity contribution in [2.45, 2.75) is 6.42 Å². The first-order valence-corrected chi connectivity index (χ1v) is 5.62. The maximum absolute atomic E-state index is 12.0. The molecule has 0 atom stereocenters. The zero-order chi connectivity index (χ0) is 13.0. The van der Waals surface area contributed by atoms with E-state index >= 15 is 0 Å². The Labute approximate surface area is 105 Å². The van der Waals surface area contributed by atoms with Crippen LogP contribution in [0.25, 0.3) is 0 Å². The molecule has 0 spiro atoms. The van der Waals surface area contributed by atoms with Crippen LogP contribution in [0, 0.1) is 0 Å². The van der Waals surface area contributed by atoms with E-state index < -0.39 is 0 Å². The first-order chi connectivity index (χ1) is 8.68. The number of likely N-dealkylation sites (N-methyl/N-ethyl adjacent to an activating group) is 1. The molecular weight excluding hydrogens is 230 g/mol. The summed E-state index contributed by atoms with van der Waals surface area (Å²) >= 11 is 0. The van der Waals surface area contributed by atoms with Crippen LogP contribution in [0.5, 0.6) is 0 Å². The SMILES string of the molecule is CN(CCc1ccccn1)C(=O)c1[nH]ncc1N. The summed E-state index contributed by atoms with van der Waals surface area (Å²) in [5, 5.41) is 6.34. The van der Waals surface area contributed by atoms with Crippen molar-refractivity contribution >= 4 is 11.6 Å². The van der Waals surface area contributed by atoms with Gasteiger partial charge in [0.1, 0.15) is 5.69 Å². The minimum absolute atomic E-state index is 0.166. The fraction of sp³-hybridized carbons (Fsp3) is 0.250. The average molecular weight is 245 g/mol. The summed E-state index contributed by atoms with van der Waals surface area (Å²) < 4.78 is 0. The molecule has 2 aromatic heterocycles. The quantitative estimate of drug-likeness (QED) is 0.830. The summed E-state index contributed by atoms with van der Waals surface area (Å²) in [6.45, 7) is 0.578. The summed E-state index contributed by atoms with van der Waals surface area (Å²) in [5.74, 6) is -0.166. The molecule has 2 rings (SSSR count). The number of aromatic amines is 1. The van der Waals surface area contributed by atoms with Crippen molar-refractivity contribution in [3.8, 4) is 0 Å². The van der Waals surface area contributed by atoms with Crippen LogP contribution in [-0.2, 0) is 6.42 Å². The van der Waals surface area contributed by atoms with Gasteiger partial charge in [-0.2, -0.15) is 5.10 Å². The third-order valence-electron chi connectivity index (χ3n) is 2.66. The Kier molecular flexibility index (Phi) is 3.57. The van der Waals surface area contributed by atoms with Crippen molar-refractivity contribution in [1.82, 2.24) is 20.1 Å². The van der Waals surface area contributed by atoms with E-state index in [1.807, 2.05) is 18.2 Å². The highest BCUT2D eigenvalue weighted by atomic mass is 16.2. The van der Waals surface area contributed by atoms with Gasteiger partial charge in [0.05, 0.1) is 11.9 Å². The Hall–Kier alpha value is -2.37. The highest BCUT2D eigenvalue weighted by Crippen LogP contribution is 2.09. The van der Waals surface area contributed by atoms with Crippen molar-refractivity contribution in [2.75, 3.05) is 19.3 Å². The molecule has 0 bridgehead atoms. The maximum Gasteiger partial charge on any atom is 0.273 e. The molecule has 0 aliphatic heterocycles. The van der Waals surface area contributed by atoms with Gasteiger partial charge in [-0.1, -0.05) is 6.07 Å². The van der Waals surface area contributed by atoms with Crippen molar-refractivity contribution < 1.29 is 4.79 Å². The van der Waals surface area contributed by atoms with Gasteiger partial charge in [0.15, 0.2) is 0 Å². The van der Waals surface area contributed by atoms with Crippen molar-refractivity contribution in [3.05, 3.63) is 42.0 Å². The van der Waals surface area contributed by atoms with Gasteiger partial charge in [-0.3, -0.25) is 14.9 Å². The highest BCUT2D eigenvalue weighted by Gasteiger charge is 2.16. The van der Waals surface area contributed by atoms with Crippen LogP contribution in [0.2, 0.25) is 0 Å². The van der Waals surface area contributed by atoms with Crippen LogP contribution >= 0.6 is 0 Å². The number of nitrogen functional groups attached to an aromatic ring is 1. The van der Waals surface area contributed by atoms with Crippen LogP contribution in [-0.4, -0.2) is 39.6 Å². The Morgan fingerprint density at radius 3 is 2.94 bits per heavy atom. The van der Waals surface area contributed by atoms with Crippen LogP contribution in [0.1, 0.15) is 16.2 Å². The number of amides is 1. The number of H-pyrrole nitrogens is 1. The lowest BCUT2D eigenvalue weighted by atomic mass is 10.2. The summed E-state index contributed by atoms with van der Waals surface area (Å²) in [4.78, 5) is 17.8. The number of nitrogens with one attached hydrogen (secondary N) is 1. The van der Waals surface area contributed by atoms with Gasteiger partial charge in [0, 0.05) is 31.9 Å². The molecule has 0 aliphatic carbocycles. The summed E-state index contributed by atoms with van der Waals surface area (Å²) in [7, 11) is 1.73. The normalized spacial score (nSPS) is 10.3. The Balaban J connectivity index is 1.95. The fourth-order valence-corrected chi connectivity index (χ4v) is 1.59. The van der Waals surface area contributed by atoms with Crippen LogP contribution in [0.15, 0.2) is 30.6 Å². The van der Waals surface area contributed by atoms with Gasteiger partial charge >= 0.3 is 0 Å². The average Bonchev–Trinajstić information content (AvgIpc) is 2.82. The molecule has 6 nitrogen and oxygen atoms in total. The monoisotopic (exact) mass is 245 g/mol. The third kappa shape index (κ3) is 2.65. The number of aromatic nitrogens is 3. The van der Waals surface area contributed by atoms with Crippen LogP contribution in [0.3, 0.4) is 0 Å². The number of nitrogens with zero attached hydrogens (tertiary/aromatic N) is 3. The topological polar surface area (TPSA) is 87.9 Å². The van der Waals surface area contributed by atoms with Crippen LogP contribution in [0.4, 0.5) is 5.69 Å². The lowest BCUT2D eigenvalue weighted by molar-refractivity contribution is 0.0791. The number of carbonyl (C=O) groups is 1. The Bertz CT molecular complexity index is 522. The smallest absolute Gasteiger partial charge is 0.273 e. The number of anilines is 1. The molecule has 0 radical (unpaired) electrons. The van der Waals surface area contributed by atoms with Gasteiger partial charge in [-0.05, 0) is 12.1 Å². The summed E-state index contributed by atoms with van der Waals surface area (Å²) in [5.41, 5.74) is 7.28. The molecule has 0 aliphatic rings. The first kappa shape index (κ1) is 12.1. The van der Waals surface area contributed by atoms with E-state index in [1.165, 1.54) is 6.20 Å². The molecular formula is C12H15N5O. The van der Waals surface area contributed by atoms with Crippen LogP contribution < -0.4 is 5.73 Å². The molecule has 0 saturated heterocycles. The van der Waals surface area contributed by atoms with E-state index in [-0.39, 0.29) is 5.91 Å². The number of hydrogen-bond donors (Lipinski definition) is 2. The van der Waals surface area contributed by atoms with E-state index in [0.717, 1.165) is 5.69 Å². The summed E-state index contributed by atoms with van der Waals surface area (Å²) in [6, 6.07) is 5.73. The van der Waals surface area contributed by atoms with Gasteiger partial charge in [0.25, 0.3) is 5.91 Å². The zero-order valence-corrected chi connectivity index (χ0v) is 10.1. The third-order valence-corrected chi connectivity index (χ3v) is 2.66. The number of nitrogens with two attached hydrogens (primary N) is 1. The molecule has 0 saturated carbocycles. The van der Waals surface area contributed by atoms with Crippen molar-refractivity contribution in [1.29, 1.82) is 0 Å². The molecule has 2 aromatic rings. The molecule has 6 heteroatoms. The van der Waals surface area contributed by atoms with Gasteiger partial charge in [0.2, 0.25) is 0 Å². The van der Waals surface area contributed by atoms with Gasteiger partial charge in [-0.25, -0.2) is 0 Å². The van der Waals surface area contributed by atoms with E-state index in [4.69, 9.17) is 5.73 Å². The number of carbonyl (C=O) groups excluding carboxylic acids is 1. The maximum atomic E-state index is 12.0. The molecule has 0 fully saturated rings. The minimum Gasteiger partial charge on any atom is -0.396 e. The lowest BCUT2D eigenvalue weighted by Gasteiger charge is -2.16. The van der Waals surface area contributed by atoms with Crippen molar-refractivity contribution in [2.24, 2.45) is 0 Å². The second-order valence-corrected chi connectivity index (χ2v) is 4.00. The molecule has 0 unspecified atom stereocenters. The minimum atomic E-state index is -0.166. The number of rotatable bonds is 4. The number of hydrogen-bond acceptors (Lipinski definition) is 4. The van der Waals surface area contributed by atoms with Crippen molar-refractivity contribution in [3.63, 3.8) is 0 Å².